The Balaban J connectivity index is 1.98. The molecule has 106 valence electrons. The van der Waals surface area contributed by atoms with Crippen LogP contribution >= 0.6 is 0 Å². The molecule has 0 aromatic heterocycles. The highest BCUT2D eigenvalue weighted by atomic mass is 16.4. The molecule has 19 heavy (non-hydrogen) atoms. The van der Waals surface area contributed by atoms with Gasteiger partial charge in [0, 0.05) is 12.5 Å². The molecule has 0 saturated heterocycles. The number of rotatable bonds is 4. The second-order valence-electron chi connectivity index (χ2n) is 5.42. The molecule has 5 atom stereocenters. The average Bonchev–Trinajstić information content (AvgIpc) is 2.44. The van der Waals surface area contributed by atoms with Gasteiger partial charge in [0.2, 0.25) is 0 Å². The van der Waals surface area contributed by atoms with Gasteiger partial charge < -0.3 is 20.4 Å². The molecule has 1 aliphatic carbocycles. The zero-order chi connectivity index (χ0) is 13.8. The summed E-state index contributed by atoms with van der Waals surface area (Å²) in [4.78, 5) is 0. The van der Waals surface area contributed by atoms with E-state index in [0.29, 0.717) is 6.42 Å². The van der Waals surface area contributed by atoms with E-state index < -0.39 is 18.3 Å². The Labute approximate surface area is 113 Å². The minimum absolute atomic E-state index is 0.0265. The first-order valence-electron chi connectivity index (χ1n) is 6.82. The van der Waals surface area contributed by atoms with Gasteiger partial charge in [-0.2, -0.15) is 0 Å². The predicted octanol–water partition coefficient (Wildman–Crippen LogP) is 0.330. The third-order valence-electron chi connectivity index (χ3n) is 4.19. The minimum Gasteiger partial charge on any atom is -0.396 e. The summed E-state index contributed by atoms with van der Waals surface area (Å²) in [6, 6.07) is 10.0. The van der Waals surface area contributed by atoms with Crippen molar-refractivity contribution < 1.29 is 20.4 Å². The molecule has 2 rings (SSSR count). The van der Waals surface area contributed by atoms with Gasteiger partial charge >= 0.3 is 0 Å². The van der Waals surface area contributed by atoms with E-state index in [-0.39, 0.29) is 18.4 Å². The fourth-order valence-electron chi connectivity index (χ4n) is 2.97. The van der Waals surface area contributed by atoms with E-state index in [4.69, 9.17) is 0 Å². The maximum atomic E-state index is 9.91. The Kier molecular flexibility index (Phi) is 4.93. The number of aryl methyl sites for hydroxylation is 1. The molecule has 1 aromatic carbocycles. The first-order chi connectivity index (χ1) is 9.13. The lowest BCUT2D eigenvalue weighted by molar-refractivity contribution is -0.139. The monoisotopic (exact) mass is 266 g/mol. The summed E-state index contributed by atoms with van der Waals surface area (Å²) in [5.74, 6) is -0.333. The van der Waals surface area contributed by atoms with Crippen LogP contribution in [0.15, 0.2) is 30.3 Å². The standard InChI is InChI=1S/C15H22O4/c16-9-12-11(8-13(17)15(19)14(12)18)7-6-10-4-2-1-3-5-10/h1-5,11-19H,6-9H2. The highest BCUT2D eigenvalue weighted by molar-refractivity contribution is 5.14. The lowest BCUT2D eigenvalue weighted by Gasteiger charge is -2.40. The number of hydrogen-bond acceptors (Lipinski definition) is 4. The van der Waals surface area contributed by atoms with Crippen LogP contribution in [0.25, 0.3) is 0 Å². The SMILES string of the molecule is OCC1C(CCc2ccccc2)CC(O)C(O)C1O. The Morgan fingerprint density at radius 3 is 2.32 bits per heavy atom. The smallest absolute Gasteiger partial charge is 0.106 e. The van der Waals surface area contributed by atoms with Crippen LogP contribution in [-0.2, 0) is 6.42 Å². The van der Waals surface area contributed by atoms with E-state index in [9.17, 15) is 20.4 Å². The van der Waals surface area contributed by atoms with Crippen LogP contribution in [-0.4, -0.2) is 45.3 Å². The molecule has 0 spiro atoms. The Morgan fingerprint density at radius 1 is 1.00 bits per heavy atom. The van der Waals surface area contributed by atoms with Crippen molar-refractivity contribution in [1.29, 1.82) is 0 Å². The first-order valence-corrected chi connectivity index (χ1v) is 6.82. The molecule has 1 saturated carbocycles. The number of benzene rings is 1. The molecule has 1 aromatic rings. The molecular formula is C15H22O4. The molecule has 0 aliphatic heterocycles. The first kappa shape index (κ1) is 14.5. The number of aliphatic hydroxyl groups excluding tert-OH is 4. The van der Waals surface area contributed by atoms with Gasteiger partial charge in [0.25, 0.3) is 0 Å². The van der Waals surface area contributed by atoms with Crippen molar-refractivity contribution >= 4 is 0 Å². The fourth-order valence-corrected chi connectivity index (χ4v) is 2.97. The maximum absolute atomic E-state index is 9.91. The van der Waals surface area contributed by atoms with E-state index in [1.54, 1.807) is 0 Å². The van der Waals surface area contributed by atoms with Crippen molar-refractivity contribution in [3.05, 3.63) is 35.9 Å². The maximum Gasteiger partial charge on any atom is 0.106 e. The summed E-state index contributed by atoms with van der Waals surface area (Å²) in [5, 5.41) is 38.7. The normalized spacial score (nSPS) is 35.3. The van der Waals surface area contributed by atoms with Gasteiger partial charge in [0.15, 0.2) is 0 Å². The third kappa shape index (κ3) is 3.34. The molecule has 4 heteroatoms. The molecule has 4 N–H and O–H groups in total. The largest absolute Gasteiger partial charge is 0.396 e. The van der Waals surface area contributed by atoms with Crippen LogP contribution in [0.5, 0.6) is 0 Å². The van der Waals surface area contributed by atoms with E-state index in [1.165, 1.54) is 5.56 Å². The second kappa shape index (κ2) is 6.48. The average molecular weight is 266 g/mol. The highest BCUT2D eigenvalue weighted by Crippen LogP contribution is 2.33. The summed E-state index contributed by atoms with van der Waals surface area (Å²) in [6.07, 6.45) is -1.04. The summed E-state index contributed by atoms with van der Waals surface area (Å²) in [5.41, 5.74) is 1.20. The van der Waals surface area contributed by atoms with Crippen LogP contribution in [0.2, 0.25) is 0 Å². The van der Waals surface area contributed by atoms with Crippen LogP contribution in [0, 0.1) is 11.8 Å². The van der Waals surface area contributed by atoms with Crippen molar-refractivity contribution in [3.8, 4) is 0 Å². The minimum atomic E-state index is -1.15. The van der Waals surface area contributed by atoms with E-state index in [1.807, 2.05) is 30.3 Å². The Hall–Kier alpha value is -0.940. The zero-order valence-corrected chi connectivity index (χ0v) is 10.9. The van der Waals surface area contributed by atoms with Crippen molar-refractivity contribution in [1.82, 2.24) is 0 Å². The lowest BCUT2D eigenvalue weighted by atomic mass is 9.72. The highest BCUT2D eigenvalue weighted by Gasteiger charge is 2.41. The lowest BCUT2D eigenvalue weighted by Crippen LogP contribution is -2.51. The second-order valence-corrected chi connectivity index (χ2v) is 5.42. The van der Waals surface area contributed by atoms with Crippen molar-refractivity contribution in [2.45, 2.75) is 37.6 Å². The molecule has 0 bridgehead atoms. The molecule has 1 aliphatic rings. The molecule has 5 unspecified atom stereocenters. The molecule has 0 radical (unpaired) electrons. The van der Waals surface area contributed by atoms with E-state index >= 15 is 0 Å². The van der Waals surface area contributed by atoms with Gasteiger partial charge in [0.1, 0.15) is 6.10 Å². The summed E-state index contributed by atoms with van der Waals surface area (Å²) in [6.45, 7) is -0.162. The van der Waals surface area contributed by atoms with E-state index in [2.05, 4.69) is 0 Å². The summed E-state index contributed by atoms with van der Waals surface area (Å²) in [7, 11) is 0. The van der Waals surface area contributed by atoms with Crippen molar-refractivity contribution in [3.63, 3.8) is 0 Å². The number of aliphatic hydroxyl groups is 4. The van der Waals surface area contributed by atoms with Gasteiger partial charge in [-0.25, -0.2) is 0 Å². The van der Waals surface area contributed by atoms with Crippen LogP contribution in [0.1, 0.15) is 18.4 Å². The molecule has 0 heterocycles. The summed E-state index contributed by atoms with van der Waals surface area (Å²) < 4.78 is 0. The molecule has 1 fully saturated rings. The van der Waals surface area contributed by atoms with Crippen LogP contribution < -0.4 is 0 Å². The predicted molar refractivity (Wildman–Crippen MR) is 71.5 cm³/mol. The Bertz CT molecular complexity index is 381. The van der Waals surface area contributed by atoms with E-state index in [0.717, 1.165) is 12.8 Å². The van der Waals surface area contributed by atoms with Crippen molar-refractivity contribution in [2.75, 3.05) is 6.61 Å². The molecule has 4 nitrogen and oxygen atoms in total. The topological polar surface area (TPSA) is 80.9 Å². The Morgan fingerprint density at radius 2 is 1.68 bits per heavy atom. The van der Waals surface area contributed by atoms with Gasteiger partial charge in [-0.3, -0.25) is 0 Å². The van der Waals surface area contributed by atoms with Crippen molar-refractivity contribution in [2.24, 2.45) is 11.8 Å². The van der Waals surface area contributed by atoms with Gasteiger partial charge in [-0.05, 0) is 30.7 Å². The molecular weight excluding hydrogens is 244 g/mol. The van der Waals surface area contributed by atoms with Crippen LogP contribution in [0.4, 0.5) is 0 Å². The van der Waals surface area contributed by atoms with Gasteiger partial charge in [-0.1, -0.05) is 30.3 Å². The van der Waals surface area contributed by atoms with Crippen LogP contribution in [0.3, 0.4) is 0 Å². The third-order valence-corrected chi connectivity index (χ3v) is 4.19. The molecule has 0 amide bonds. The zero-order valence-electron chi connectivity index (χ0n) is 10.9. The number of hydrogen-bond donors (Lipinski definition) is 4. The van der Waals surface area contributed by atoms with Gasteiger partial charge in [0.05, 0.1) is 12.2 Å². The summed E-state index contributed by atoms with van der Waals surface area (Å²) >= 11 is 0. The fraction of sp³-hybridized carbons (Fsp3) is 0.600. The van der Waals surface area contributed by atoms with Gasteiger partial charge in [-0.15, -0.1) is 0 Å². The quantitative estimate of drug-likeness (QED) is 0.633.